The Morgan fingerprint density at radius 2 is 1.74 bits per heavy atom. The molecule has 5 nitrogen and oxygen atoms in total. The number of nitrogens with zero attached hydrogens (tertiary/aromatic N) is 4. The van der Waals surface area contributed by atoms with E-state index in [9.17, 15) is 22.0 Å². The lowest BCUT2D eigenvalue weighted by Gasteiger charge is -2.75. The Kier molecular flexibility index (Phi) is 4.26. The van der Waals surface area contributed by atoms with Crippen LogP contribution in [0.5, 0.6) is 0 Å². The Labute approximate surface area is 176 Å². The molecule has 2 N–H and O–H groups in total. The predicted octanol–water partition coefficient (Wildman–Crippen LogP) is 4.47. The number of aromatic nitrogens is 3. The van der Waals surface area contributed by atoms with E-state index in [0.717, 1.165) is 31.2 Å². The molecule has 0 spiro atoms. The molecule has 4 aliphatic rings. The van der Waals surface area contributed by atoms with Crippen LogP contribution < -0.4 is 5.73 Å². The number of imidazole rings is 1. The molecule has 4 fully saturated rings. The number of anilines is 1. The first-order valence-electron chi connectivity index (χ1n) is 10.5. The van der Waals surface area contributed by atoms with Crippen molar-refractivity contribution in [3.8, 4) is 11.3 Å². The number of rotatable bonds is 4. The summed E-state index contributed by atoms with van der Waals surface area (Å²) in [7, 11) is 0. The van der Waals surface area contributed by atoms with Crippen LogP contribution in [0.1, 0.15) is 50.4 Å². The van der Waals surface area contributed by atoms with Crippen LogP contribution in [-0.2, 0) is 18.1 Å². The van der Waals surface area contributed by atoms with Gasteiger partial charge in [0.05, 0.1) is 16.8 Å². The molecule has 3 aliphatic carbocycles. The van der Waals surface area contributed by atoms with Crippen molar-refractivity contribution in [2.45, 2.75) is 68.6 Å². The fraction of sp³-hybridized carbons (Fsp3) is 0.619. The van der Waals surface area contributed by atoms with Crippen LogP contribution in [0.3, 0.4) is 0 Å². The first-order chi connectivity index (χ1) is 14.5. The molecule has 10 heteroatoms. The van der Waals surface area contributed by atoms with Crippen molar-refractivity contribution in [1.29, 1.82) is 0 Å². The summed E-state index contributed by atoms with van der Waals surface area (Å²) in [5.41, 5.74) is 5.02. The molecule has 1 aliphatic heterocycles. The average molecular weight is 441 g/mol. The molecule has 0 radical (unpaired) electrons. The number of aryl methyl sites for hydroxylation is 1. The molecule has 0 atom stereocenters. The van der Waals surface area contributed by atoms with E-state index in [1.807, 2.05) is 6.92 Å². The van der Waals surface area contributed by atoms with Gasteiger partial charge in [-0.1, -0.05) is 6.92 Å². The Morgan fingerprint density at radius 1 is 1.10 bits per heavy atom. The van der Waals surface area contributed by atoms with Gasteiger partial charge >= 0.3 is 6.18 Å². The summed E-state index contributed by atoms with van der Waals surface area (Å²) < 4.78 is 68.8. The van der Waals surface area contributed by atoms with Crippen molar-refractivity contribution in [2.24, 2.45) is 0 Å². The largest absolute Gasteiger partial charge is 0.419 e. The summed E-state index contributed by atoms with van der Waals surface area (Å²) in [5, 5.41) is 0. The van der Waals surface area contributed by atoms with Crippen molar-refractivity contribution in [3.05, 3.63) is 29.8 Å². The quantitative estimate of drug-likeness (QED) is 0.712. The number of nitrogen functional groups attached to an aromatic ring is 1. The third kappa shape index (κ3) is 3.13. The topological polar surface area (TPSA) is 60.0 Å². The molecule has 0 unspecified atom stereocenters. The zero-order valence-electron chi connectivity index (χ0n) is 17.1. The van der Waals surface area contributed by atoms with Crippen molar-refractivity contribution >= 4 is 5.82 Å². The lowest BCUT2D eigenvalue weighted by atomic mass is 9.43. The predicted molar refractivity (Wildman–Crippen MR) is 105 cm³/mol. The van der Waals surface area contributed by atoms with Gasteiger partial charge < -0.3 is 10.3 Å². The highest BCUT2D eigenvalue weighted by Gasteiger charge is 2.71. The van der Waals surface area contributed by atoms with Gasteiger partial charge in [0.1, 0.15) is 11.6 Å². The molecule has 0 amide bonds. The van der Waals surface area contributed by atoms with Crippen LogP contribution in [0.2, 0.25) is 0 Å². The van der Waals surface area contributed by atoms with Gasteiger partial charge in [-0.3, -0.25) is 4.90 Å². The number of piperidine rings is 1. The highest BCUT2D eigenvalue weighted by molar-refractivity contribution is 5.62. The summed E-state index contributed by atoms with van der Waals surface area (Å²) in [6.07, 6.45) is 1.57. The highest BCUT2D eigenvalue weighted by atomic mass is 19.4. The van der Waals surface area contributed by atoms with Crippen LogP contribution in [0, 0.1) is 0 Å². The second-order valence-corrected chi connectivity index (χ2v) is 9.24. The van der Waals surface area contributed by atoms with E-state index in [0.29, 0.717) is 25.2 Å². The Bertz CT molecular complexity index is 998. The fourth-order valence-corrected chi connectivity index (χ4v) is 5.64. The second-order valence-electron chi connectivity index (χ2n) is 9.24. The molecule has 0 aromatic carbocycles. The number of nitrogens with two attached hydrogens (primary N) is 1. The van der Waals surface area contributed by atoms with Crippen molar-refractivity contribution in [1.82, 2.24) is 19.4 Å². The van der Waals surface area contributed by atoms with Crippen LogP contribution in [0.25, 0.3) is 11.3 Å². The first-order valence-corrected chi connectivity index (χ1v) is 10.5. The van der Waals surface area contributed by atoms with Gasteiger partial charge in [0, 0.05) is 55.8 Å². The average Bonchev–Trinajstić information content (AvgIpc) is 3.04. The molecule has 2 aromatic heterocycles. The van der Waals surface area contributed by atoms with Gasteiger partial charge in [-0.25, -0.2) is 18.7 Å². The van der Waals surface area contributed by atoms with Gasteiger partial charge in [-0.2, -0.15) is 13.2 Å². The SMILES string of the molecule is CCc1nc(-c2cnc(N)c(C(F)(F)F)c2)cn1C12CC(N3CCC(F)(F)CC3)(C1)C2. The van der Waals surface area contributed by atoms with E-state index >= 15 is 0 Å². The highest BCUT2D eigenvalue weighted by Crippen LogP contribution is 2.68. The zero-order valence-corrected chi connectivity index (χ0v) is 17.1. The van der Waals surface area contributed by atoms with Crippen molar-refractivity contribution < 1.29 is 22.0 Å². The van der Waals surface area contributed by atoms with Gasteiger partial charge in [-0.15, -0.1) is 0 Å². The molecular formula is C21H24F5N5. The minimum atomic E-state index is -4.59. The van der Waals surface area contributed by atoms with Crippen LogP contribution in [0.15, 0.2) is 18.5 Å². The van der Waals surface area contributed by atoms with Gasteiger partial charge in [0.15, 0.2) is 0 Å². The minimum Gasteiger partial charge on any atom is -0.383 e. The molecule has 31 heavy (non-hydrogen) atoms. The molecule has 3 heterocycles. The summed E-state index contributed by atoms with van der Waals surface area (Å²) in [6.45, 7) is 2.78. The molecule has 3 saturated carbocycles. The lowest BCUT2D eigenvalue weighted by molar-refractivity contribution is -0.223. The Balaban J connectivity index is 1.38. The second kappa shape index (κ2) is 6.40. The van der Waals surface area contributed by atoms with E-state index in [2.05, 4.69) is 19.4 Å². The number of hydrogen-bond donors (Lipinski definition) is 1. The van der Waals surface area contributed by atoms with Crippen molar-refractivity contribution in [3.63, 3.8) is 0 Å². The maximum Gasteiger partial charge on any atom is 0.419 e. The molecule has 2 bridgehead atoms. The normalized spacial score (nSPS) is 30.0. The molecule has 6 rings (SSSR count). The molecular weight excluding hydrogens is 417 g/mol. The Morgan fingerprint density at radius 3 is 2.32 bits per heavy atom. The summed E-state index contributed by atoms with van der Waals surface area (Å²) >= 11 is 0. The van der Waals surface area contributed by atoms with Gasteiger partial charge in [0.25, 0.3) is 5.92 Å². The summed E-state index contributed by atoms with van der Waals surface area (Å²) in [5.74, 6) is -2.31. The lowest BCUT2D eigenvalue weighted by Crippen LogP contribution is -2.79. The number of likely N-dealkylation sites (tertiary alicyclic amines) is 1. The van der Waals surface area contributed by atoms with E-state index in [1.165, 1.54) is 6.20 Å². The maximum absolute atomic E-state index is 13.5. The maximum atomic E-state index is 13.5. The molecule has 168 valence electrons. The van der Waals surface area contributed by atoms with E-state index in [4.69, 9.17) is 5.73 Å². The van der Waals surface area contributed by atoms with Crippen molar-refractivity contribution in [2.75, 3.05) is 18.8 Å². The third-order valence-electron chi connectivity index (χ3n) is 7.27. The zero-order chi connectivity index (χ0) is 22.2. The van der Waals surface area contributed by atoms with E-state index < -0.39 is 23.5 Å². The van der Waals surface area contributed by atoms with Crippen LogP contribution in [-0.4, -0.2) is 44.0 Å². The molecule has 1 saturated heterocycles. The van der Waals surface area contributed by atoms with Crippen LogP contribution in [0.4, 0.5) is 27.8 Å². The number of hydrogen-bond acceptors (Lipinski definition) is 4. The Hall–Kier alpha value is -2.23. The number of halogens is 5. The first kappa shape index (κ1) is 20.7. The monoisotopic (exact) mass is 441 g/mol. The van der Waals surface area contributed by atoms with E-state index in [-0.39, 0.29) is 29.5 Å². The fourth-order valence-electron chi connectivity index (χ4n) is 5.64. The van der Waals surface area contributed by atoms with E-state index in [1.54, 1.807) is 6.20 Å². The third-order valence-corrected chi connectivity index (χ3v) is 7.27. The standard InChI is InChI=1S/C21H24F5N5/c1-2-16-29-15(13-7-14(21(24,25)26)17(27)28-8-13)9-31(16)19-10-18(11-19,12-19)30-5-3-20(22,23)4-6-30/h7-9H,2-6,10-12H2,1H3,(H2,27,28). The summed E-state index contributed by atoms with van der Waals surface area (Å²) in [4.78, 5) is 10.5. The van der Waals surface area contributed by atoms with Crippen LogP contribution >= 0.6 is 0 Å². The summed E-state index contributed by atoms with van der Waals surface area (Å²) in [6, 6.07) is 0.992. The van der Waals surface area contributed by atoms with Gasteiger partial charge in [0.2, 0.25) is 0 Å². The minimum absolute atomic E-state index is 0.0157. The number of alkyl halides is 5. The smallest absolute Gasteiger partial charge is 0.383 e. The van der Waals surface area contributed by atoms with Gasteiger partial charge in [-0.05, 0) is 25.3 Å². The number of pyridine rings is 1. The molecule has 2 aromatic rings.